The van der Waals surface area contributed by atoms with Gasteiger partial charge in [0.15, 0.2) is 0 Å². The molecule has 1 aromatic carbocycles. The molecule has 70 valence electrons. The highest BCUT2D eigenvalue weighted by molar-refractivity contribution is 5.22. The Morgan fingerprint density at radius 3 is 2.38 bits per heavy atom. The smallest absolute Gasteiger partial charge is 0.123 e. The minimum absolute atomic E-state index is 0.212. The van der Waals surface area contributed by atoms with Gasteiger partial charge in [0.2, 0.25) is 0 Å². The standard InChI is InChI=1S/C11H13FO/c12-9-6-4-8(5-7-9)10-2-1-3-11(10)13/h4-7,10-11,13H,1-3H2/t10-,11-/m0/s1. The molecule has 0 heterocycles. The van der Waals surface area contributed by atoms with Crippen molar-refractivity contribution < 1.29 is 9.50 Å². The molecule has 0 aliphatic heterocycles. The van der Waals surface area contributed by atoms with E-state index >= 15 is 0 Å². The molecule has 0 unspecified atom stereocenters. The quantitative estimate of drug-likeness (QED) is 0.703. The Bertz CT molecular complexity index is 281. The third-order valence-corrected chi connectivity index (χ3v) is 2.78. The summed E-state index contributed by atoms with van der Waals surface area (Å²) in [6.45, 7) is 0. The summed E-state index contributed by atoms with van der Waals surface area (Å²) in [5.41, 5.74) is 1.06. The molecule has 2 rings (SSSR count). The molecular weight excluding hydrogens is 167 g/mol. The fraction of sp³-hybridized carbons (Fsp3) is 0.455. The fourth-order valence-electron chi connectivity index (χ4n) is 2.04. The summed E-state index contributed by atoms with van der Waals surface area (Å²) < 4.78 is 12.6. The van der Waals surface area contributed by atoms with E-state index in [9.17, 15) is 9.50 Å². The van der Waals surface area contributed by atoms with Crippen molar-refractivity contribution in [3.63, 3.8) is 0 Å². The van der Waals surface area contributed by atoms with Gasteiger partial charge in [-0.05, 0) is 30.5 Å². The number of hydrogen-bond acceptors (Lipinski definition) is 1. The van der Waals surface area contributed by atoms with Gasteiger partial charge in [-0.25, -0.2) is 4.39 Å². The van der Waals surface area contributed by atoms with Crippen molar-refractivity contribution in [3.8, 4) is 0 Å². The second kappa shape index (κ2) is 3.46. The molecule has 0 aromatic heterocycles. The van der Waals surface area contributed by atoms with Crippen LogP contribution in [0.2, 0.25) is 0 Å². The first-order valence-corrected chi connectivity index (χ1v) is 4.71. The molecule has 1 aliphatic rings. The van der Waals surface area contributed by atoms with Crippen LogP contribution in [0, 0.1) is 5.82 Å². The summed E-state index contributed by atoms with van der Waals surface area (Å²) >= 11 is 0. The van der Waals surface area contributed by atoms with Gasteiger partial charge in [-0.1, -0.05) is 18.6 Å². The lowest BCUT2D eigenvalue weighted by molar-refractivity contribution is 0.164. The topological polar surface area (TPSA) is 20.2 Å². The Hall–Kier alpha value is -0.890. The minimum Gasteiger partial charge on any atom is -0.392 e. The van der Waals surface area contributed by atoms with E-state index in [0.717, 1.165) is 24.8 Å². The molecule has 1 aliphatic carbocycles. The zero-order chi connectivity index (χ0) is 9.26. The lowest BCUT2D eigenvalue weighted by atomic mass is 9.96. The third-order valence-electron chi connectivity index (χ3n) is 2.78. The van der Waals surface area contributed by atoms with Crippen LogP contribution < -0.4 is 0 Å². The van der Waals surface area contributed by atoms with Crippen LogP contribution >= 0.6 is 0 Å². The van der Waals surface area contributed by atoms with Gasteiger partial charge in [0, 0.05) is 5.92 Å². The molecule has 0 radical (unpaired) electrons. The van der Waals surface area contributed by atoms with Crippen LogP contribution in [0.1, 0.15) is 30.7 Å². The van der Waals surface area contributed by atoms with E-state index in [2.05, 4.69) is 0 Å². The molecule has 1 aromatic rings. The SMILES string of the molecule is O[C@H]1CCC[C@H]1c1ccc(F)cc1. The van der Waals surface area contributed by atoms with Crippen LogP contribution in [0.3, 0.4) is 0 Å². The summed E-state index contributed by atoms with van der Waals surface area (Å²) in [4.78, 5) is 0. The van der Waals surface area contributed by atoms with Crippen molar-refractivity contribution in [1.29, 1.82) is 0 Å². The van der Waals surface area contributed by atoms with Crippen LogP contribution in [0.25, 0.3) is 0 Å². The number of hydrogen-bond donors (Lipinski definition) is 1. The highest BCUT2D eigenvalue weighted by Crippen LogP contribution is 2.34. The number of benzene rings is 1. The highest BCUT2D eigenvalue weighted by atomic mass is 19.1. The summed E-state index contributed by atoms with van der Waals surface area (Å²) in [5, 5.41) is 9.62. The van der Waals surface area contributed by atoms with Crippen molar-refractivity contribution in [2.75, 3.05) is 0 Å². The van der Waals surface area contributed by atoms with Crippen LogP contribution in [0.4, 0.5) is 4.39 Å². The molecule has 1 nitrogen and oxygen atoms in total. The Morgan fingerprint density at radius 2 is 1.85 bits per heavy atom. The Kier molecular flexibility index (Phi) is 2.32. The maximum Gasteiger partial charge on any atom is 0.123 e. The van der Waals surface area contributed by atoms with E-state index in [0.29, 0.717) is 0 Å². The molecule has 1 fully saturated rings. The van der Waals surface area contributed by atoms with Crippen molar-refractivity contribution in [3.05, 3.63) is 35.6 Å². The fourth-order valence-corrected chi connectivity index (χ4v) is 2.04. The maximum absolute atomic E-state index is 12.6. The van der Waals surface area contributed by atoms with Crippen molar-refractivity contribution in [1.82, 2.24) is 0 Å². The molecule has 0 spiro atoms. The van der Waals surface area contributed by atoms with E-state index < -0.39 is 0 Å². The number of aliphatic hydroxyl groups excluding tert-OH is 1. The Balaban J connectivity index is 2.20. The van der Waals surface area contributed by atoms with E-state index in [1.54, 1.807) is 12.1 Å². The molecule has 1 N–H and O–H groups in total. The predicted molar refractivity (Wildman–Crippen MR) is 49.0 cm³/mol. The second-order valence-corrected chi connectivity index (χ2v) is 3.66. The molecule has 13 heavy (non-hydrogen) atoms. The van der Waals surface area contributed by atoms with Gasteiger partial charge in [-0.3, -0.25) is 0 Å². The third kappa shape index (κ3) is 1.73. The van der Waals surface area contributed by atoms with Crippen LogP contribution in [-0.4, -0.2) is 11.2 Å². The largest absolute Gasteiger partial charge is 0.392 e. The summed E-state index contributed by atoms with van der Waals surface area (Å²) in [5.74, 6) is 0.0110. The van der Waals surface area contributed by atoms with Gasteiger partial charge in [-0.2, -0.15) is 0 Å². The van der Waals surface area contributed by atoms with Crippen molar-refractivity contribution >= 4 is 0 Å². The molecule has 0 bridgehead atoms. The van der Waals surface area contributed by atoms with Gasteiger partial charge >= 0.3 is 0 Å². The zero-order valence-corrected chi connectivity index (χ0v) is 7.41. The Morgan fingerprint density at radius 1 is 1.15 bits per heavy atom. The lowest BCUT2D eigenvalue weighted by Gasteiger charge is -2.14. The zero-order valence-electron chi connectivity index (χ0n) is 7.41. The first kappa shape index (κ1) is 8.70. The molecule has 2 atom stereocenters. The van der Waals surface area contributed by atoms with Gasteiger partial charge in [0.05, 0.1) is 6.10 Å². The molecule has 0 saturated heterocycles. The predicted octanol–water partition coefficient (Wildman–Crippen LogP) is 2.45. The molecular formula is C11H13FO. The summed E-state index contributed by atoms with van der Waals surface area (Å²) in [6, 6.07) is 6.46. The first-order valence-electron chi connectivity index (χ1n) is 4.71. The van der Waals surface area contributed by atoms with Crippen LogP contribution in [0.15, 0.2) is 24.3 Å². The maximum atomic E-state index is 12.6. The van der Waals surface area contributed by atoms with Gasteiger partial charge in [0.1, 0.15) is 5.82 Å². The average molecular weight is 180 g/mol. The Labute approximate surface area is 77.2 Å². The normalized spacial score (nSPS) is 27.8. The number of rotatable bonds is 1. The highest BCUT2D eigenvalue weighted by Gasteiger charge is 2.26. The van der Waals surface area contributed by atoms with Gasteiger partial charge in [0.25, 0.3) is 0 Å². The number of aliphatic hydroxyl groups is 1. The molecule has 1 saturated carbocycles. The summed E-state index contributed by atoms with van der Waals surface area (Å²) in [7, 11) is 0. The lowest BCUT2D eigenvalue weighted by Crippen LogP contribution is -2.10. The van der Waals surface area contributed by atoms with Crippen LogP contribution in [-0.2, 0) is 0 Å². The average Bonchev–Trinajstić information content (AvgIpc) is 2.53. The summed E-state index contributed by atoms with van der Waals surface area (Å²) in [6.07, 6.45) is 2.74. The monoisotopic (exact) mass is 180 g/mol. The van der Waals surface area contributed by atoms with Gasteiger partial charge in [-0.15, -0.1) is 0 Å². The minimum atomic E-state index is -0.231. The molecule has 2 heteroatoms. The van der Waals surface area contributed by atoms with Crippen LogP contribution in [0.5, 0.6) is 0 Å². The van der Waals surface area contributed by atoms with E-state index in [1.807, 2.05) is 0 Å². The number of halogens is 1. The van der Waals surface area contributed by atoms with Crippen molar-refractivity contribution in [2.24, 2.45) is 0 Å². The molecule has 0 amide bonds. The second-order valence-electron chi connectivity index (χ2n) is 3.66. The van der Waals surface area contributed by atoms with E-state index in [-0.39, 0.29) is 17.8 Å². The van der Waals surface area contributed by atoms with E-state index in [4.69, 9.17) is 0 Å². The van der Waals surface area contributed by atoms with E-state index in [1.165, 1.54) is 12.1 Å². The first-order chi connectivity index (χ1) is 6.27. The van der Waals surface area contributed by atoms with Crippen molar-refractivity contribution in [2.45, 2.75) is 31.3 Å². The van der Waals surface area contributed by atoms with Gasteiger partial charge < -0.3 is 5.11 Å².